The van der Waals surface area contributed by atoms with Crippen LogP contribution in [0, 0.1) is 5.41 Å². The third kappa shape index (κ3) is 8.03. The second kappa shape index (κ2) is 13.6. The predicted octanol–water partition coefficient (Wildman–Crippen LogP) is 5.27. The molecule has 0 aliphatic carbocycles. The van der Waals surface area contributed by atoms with Crippen molar-refractivity contribution in [1.82, 2.24) is 14.8 Å². The fourth-order valence-electron chi connectivity index (χ4n) is 4.49. The Hall–Kier alpha value is -4.00. The normalized spacial score (nSPS) is 14.1. The lowest BCUT2D eigenvalue weighted by atomic mass is 10.1. The minimum absolute atomic E-state index is 0.264. The molecule has 13 heteroatoms. The lowest BCUT2D eigenvalue weighted by molar-refractivity contribution is -0.274. The van der Waals surface area contributed by atoms with Crippen molar-refractivity contribution in [3.8, 4) is 28.5 Å². The number of thiazole rings is 1. The Morgan fingerprint density at radius 3 is 2.41 bits per heavy atom. The standard InChI is InChI=1S/C28H32F3N5O4S/c1-38-21-11-12-22(24(17-21)39-2)25(37)34-27-36(16-6-13-33-26(32)35-14-4-3-5-15-35)23(18-41-27)19-7-9-20(10-8-19)40-28(29,30)31/h7-12,17-18H,3-6,13-16H2,1-2H3,(H2,32,33)/b34-27-. The molecule has 1 saturated heterocycles. The van der Waals surface area contributed by atoms with Gasteiger partial charge in [-0.15, -0.1) is 24.5 Å². The van der Waals surface area contributed by atoms with Gasteiger partial charge in [-0.1, -0.05) is 0 Å². The maximum Gasteiger partial charge on any atom is 0.573 e. The first kappa shape index (κ1) is 30.0. The van der Waals surface area contributed by atoms with Gasteiger partial charge >= 0.3 is 6.36 Å². The first-order valence-corrected chi connectivity index (χ1v) is 14.0. The average molecular weight is 592 g/mol. The largest absolute Gasteiger partial charge is 0.573 e. The molecule has 3 aromatic rings. The average Bonchev–Trinajstić information content (AvgIpc) is 3.36. The van der Waals surface area contributed by atoms with Gasteiger partial charge in [-0.2, -0.15) is 4.99 Å². The van der Waals surface area contributed by atoms with Crippen molar-refractivity contribution in [2.24, 2.45) is 4.99 Å². The lowest BCUT2D eigenvalue weighted by Gasteiger charge is -2.29. The molecule has 220 valence electrons. The molecule has 2 N–H and O–H groups in total. The van der Waals surface area contributed by atoms with Gasteiger partial charge in [0.25, 0.3) is 5.91 Å². The molecule has 1 amide bonds. The van der Waals surface area contributed by atoms with Gasteiger partial charge in [0.05, 0.1) is 25.5 Å². The molecule has 0 radical (unpaired) electrons. The third-order valence-corrected chi connectivity index (χ3v) is 7.40. The van der Waals surface area contributed by atoms with Gasteiger partial charge < -0.3 is 29.0 Å². The van der Waals surface area contributed by atoms with E-state index >= 15 is 0 Å². The fraction of sp³-hybridized carbons (Fsp3) is 0.393. The van der Waals surface area contributed by atoms with E-state index in [2.05, 4.69) is 15.0 Å². The molecule has 0 atom stereocenters. The van der Waals surface area contributed by atoms with Crippen LogP contribution in [0.2, 0.25) is 0 Å². The van der Waals surface area contributed by atoms with Gasteiger partial charge in [0, 0.05) is 37.6 Å². The Balaban J connectivity index is 1.59. The number of hydrogen-bond acceptors (Lipinski definition) is 6. The number of nitrogens with one attached hydrogen (secondary N) is 2. The SMILES string of the molecule is COc1ccc(C(=O)/N=c2\scc(-c3ccc(OC(F)(F)F)cc3)n2CCCNC(=N)N2CCCCC2)c(OC)c1. The molecule has 0 unspecified atom stereocenters. The third-order valence-electron chi connectivity index (χ3n) is 6.54. The minimum Gasteiger partial charge on any atom is -0.497 e. The highest BCUT2D eigenvalue weighted by Gasteiger charge is 2.31. The summed E-state index contributed by atoms with van der Waals surface area (Å²) < 4.78 is 54.3. The summed E-state index contributed by atoms with van der Waals surface area (Å²) in [6.45, 7) is 2.70. The molecule has 4 rings (SSSR count). The van der Waals surface area contributed by atoms with Crippen LogP contribution in [-0.2, 0) is 6.54 Å². The number of nitrogens with zero attached hydrogens (tertiary/aromatic N) is 3. The van der Waals surface area contributed by atoms with Crippen molar-refractivity contribution in [3.05, 3.63) is 58.2 Å². The summed E-state index contributed by atoms with van der Waals surface area (Å²) in [5.74, 6) is 0.419. The van der Waals surface area contributed by atoms with Crippen molar-refractivity contribution in [1.29, 1.82) is 5.41 Å². The number of ether oxygens (including phenoxy) is 3. The van der Waals surface area contributed by atoms with E-state index in [1.54, 1.807) is 23.6 Å². The van der Waals surface area contributed by atoms with E-state index in [0.717, 1.165) is 25.9 Å². The molecule has 0 saturated carbocycles. The van der Waals surface area contributed by atoms with Gasteiger partial charge in [-0.3, -0.25) is 10.2 Å². The molecule has 2 aromatic carbocycles. The highest BCUT2D eigenvalue weighted by atomic mass is 32.1. The number of likely N-dealkylation sites (tertiary alicyclic amines) is 1. The van der Waals surface area contributed by atoms with Gasteiger partial charge in [-0.25, -0.2) is 0 Å². The van der Waals surface area contributed by atoms with Crippen molar-refractivity contribution < 1.29 is 32.2 Å². The smallest absolute Gasteiger partial charge is 0.497 e. The molecule has 1 aliphatic heterocycles. The molecule has 0 bridgehead atoms. The fourth-order valence-corrected chi connectivity index (χ4v) is 5.42. The summed E-state index contributed by atoms with van der Waals surface area (Å²) in [5.41, 5.74) is 1.59. The molecule has 1 aliphatic rings. The van der Waals surface area contributed by atoms with Crippen LogP contribution in [0.5, 0.6) is 17.2 Å². The molecule has 0 spiro atoms. The number of halogens is 3. The van der Waals surface area contributed by atoms with Crippen molar-refractivity contribution >= 4 is 23.2 Å². The quantitative estimate of drug-likeness (QED) is 0.200. The molecule has 1 fully saturated rings. The number of carbonyl (C=O) groups excluding carboxylic acids is 1. The highest BCUT2D eigenvalue weighted by molar-refractivity contribution is 7.07. The van der Waals surface area contributed by atoms with E-state index in [4.69, 9.17) is 14.9 Å². The number of aromatic nitrogens is 1. The Bertz CT molecular complexity index is 1410. The maximum absolute atomic E-state index is 13.2. The zero-order chi connectivity index (χ0) is 29.4. The number of rotatable bonds is 9. The summed E-state index contributed by atoms with van der Waals surface area (Å²) in [6, 6.07) is 10.4. The molecule has 1 aromatic heterocycles. The minimum atomic E-state index is -4.78. The number of amides is 1. The van der Waals surface area contributed by atoms with Crippen LogP contribution in [0.4, 0.5) is 13.2 Å². The second-order valence-electron chi connectivity index (χ2n) is 9.29. The Morgan fingerprint density at radius 1 is 1.05 bits per heavy atom. The monoisotopic (exact) mass is 591 g/mol. The number of methoxy groups -OCH3 is 2. The Morgan fingerprint density at radius 2 is 1.76 bits per heavy atom. The Labute approximate surface area is 239 Å². The van der Waals surface area contributed by atoms with E-state index in [1.165, 1.54) is 56.2 Å². The zero-order valence-corrected chi connectivity index (χ0v) is 23.6. The van der Waals surface area contributed by atoms with Crippen LogP contribution >= 0.6 is 11.3 Å². The first-order valence-electron chi connectivity index (χ1n) is 13.1. The van der Waals surface area contributed by atoms with Gasteiger partial charge in [0.1, 0.15) is 17.2 Å². The van der Waals surface area contributed by atoms with Gasteiger partial charge in [-0.05, 0) is 67.6 Å². The molecular weight excluding hydrogens is 559 g/mol. The van der Waals surface area contributed by atoms with E-state index in [-0.39, 0.29) is 11.3 Å². The number of hydrogen-bond donors (Lipinski definition) is 2. The van der Waals surface area contributed by atoms with Crippen LogP contribution in [0.3, 0.4) is 0 Å². The molecule has 41 heavy (non-hydrogen) atoms. The van der Waals surface area contributed by atoms with E-state index in [1.807, 2.05) is 9.47 Å². The van der Waals surface area contributed by atoms with E-state index in [9.17, 15) is 18.0 Å². The van der Waals surface area contributed by atoms with Crippen molar-refractivity contribution in [2.75, 3.05) is 33.9 Å². The second-order valence-corrected chi connectivity index (χ2v) is 10.1. The van der Waals surface area contributed by atoms with Crippen LogP contribution in [0.25, 0.3) is 11.3 Å². The van der Waals surface area contributed by atoms with Gasteiger partial charge in [0.15, 0.2) is 10.8 Å². The van der Waals surface area contributed by atoms with E-state index in [0.29, 0.717) is 53.0 Å². The lowest BCUT2D eigenvalue weighted by Crippen LogP contribution is -2.43. The topological polar surface area (TPSA) is 101 Å². The van der Waals surface area contributed by atoms with Crippen molar-refractivity contribution in [3.63, 3.8) is 0 Å². The van der Waals surface area contributed by atoms with Crippen LogP contribution in [0.15, 0.2) is 52.8 Å². The number of benzene rings is 2. The highest BCUT2D eigenvalue weighted by Crippen LogP contribution is 2.28. The van der Waals surface area contributed by atoms with E-state index < -0.39 is 12.3 Å². The number of carbonyl (C=O) groups is 1. The van der Waals surface area contributed by atoms with Crippen LogP contribution < -0.4 is 24.3 Å². The predicted molar refractivity (Wildman–Crippen MR) is 150 cm³/mol. The number of alkyl halides is 3. The number of guanidine groups is 1. The summed E-state index contributed by atoms with van der Waals surface area (Å²) in [5, 5.41) is 13.3. The number of piperidine rings is 1. The Kier molecular flexibility index (Phi) is 9.92. The molecule has 9 nitrogen and oxygen atoms in total. The van der Waals surface area contributed by atoms with Gasteiger partial charge in [0.2, 0.25) is 0 Å². The maximum atomic E-state index is 13.2. The summed E-state index contributed by atoms with van der Waals surface area (Å²) in [7, 11) is 2.97. The summed E-state index contributed by atoms with van der Waals surface area (Å²) in [4.78, 5) is 20.0. The van der Waals surface area contributed by atoms with Crippen LogP contribution in [0.1, 0.15) is 36.0 Å². The zero-order valence-electron chi connectivity index (χ0n) is 22.8. The van der Waals surface area contributed by atoms with Crippen LogP contribution in [-0.4, -0.2) is 61.5 Å². The summed E-state index contributed by atoms with van der Waals surface area (Å²) in [6.07, 6.45) is -0.847. The van der Waals surface area contributed by atoms with Crippen molar-refractivity contribution in [2.45, 2.75) is 38.6 Å². The summed E-state index contributed by atoms with van der Waals surface area (Å²) >= 11 is 1.24. The first-order chi connectivity index (χ1) is 19.7. The molecular formula is C28H32F3N5O4S. The molecule has 2 heterocycles.